The second-order valence-electron chi connectivity index (χ2n) is 6.67. The molecule has 3 rings (SSSR count). The van der Waals surface area contributed by atoms with Crippen molar-refractivity contribution in [2.24, 2.45) is 0 Å². The molecule has 0 heterocycles. The summed E-state index contributed by atoms with van der Waals surface area (Å²) in [5.74, 6) is -0.527. The first-order valence-electron chi connectivity index (χ1n) is 8.83. The lowest BCUT2D eigenvalue weighted by molar-refractivity contribution is -0.137. The largest absolute Gasteiger partial charge is 0.418 e. The molecule has 7 heteroatoms. The van der Waals surface area contributed by atoms with Crippen molar-refractivity contribution in [3.05, 3.63) is 64.7 Å². The van der Waals surface area contributed by atoms with Crippen LogP contribution < -0.4 is 10.6 Å². The average molecular weight is 397 g/mol. The molecule has 2 aromatic rings. The minimum absolute atomic E-state index is 0.0380. The van der Waals surface area contributed by atoms with Gasteiger partial charge in [0.05, 0.1) is 11.3 Å². The van der Waals surface area contributed by atoms with Gasteiger partial charge < -0.3 is 5.32 Å². The lowest BCUT2D eigenvalue weighted by atomic mass is 10.0. The van der Waals surface area contributed by atoms with E-state index in [0.717, 1.165) is 31.7 Å². The van der Waals surface area contributed by atoms with Crippen LogP contribution in [0.2, 0.25) is 5.02 Å². The summed E-state index contributed by atoms with van der Waals surface area (Å²) in [6.07, 6.45) is -0.558. The molecule has 3 nitrogen and oxygen atoms in total. The molecule has 2 aromatic carbocycles. The van der Waals surface area contributed by atoms with Crippen LogP contribution in [0.15, 0.2) is 48.5 Å². The second kappa shape index (κ2) is 8.31. The second-order valence-corrected chi connectivity index (χ2v) is 7.11. The van der Waals surface area contributed by atoms with Crippen molar-refractivity contribution in [3.63, 3.8) is 0 Å². The molecule has 0 radical (unpaired) electrons. The number of carbonyl (C=O) groups excluding carboxylic acids is 1. The molecule has 1 fully saturated rings. The Morgan fingerprint density at radius 1 is 1.07 bits per heavy atom. The van der Waals surface area contributed by atoms with Crippen molar-refractivity contribution < 1.29 is 18.0 Å². The van der Waals surface area contributed by atoms with E-state index in [-0.39, 0.29) is 16.8 Å². The summed E-state index contributed by atoms with van der Waals surface area (Å²) in [5.41, 5.74) is -0.550. The zero-order valence-electron chi connectivity index (χ0n) is 14.5. The fourth-order valence-electron chi connectivity index (χ4n) is 3.36. The highest BCUT2D eigenvalue weighted by molar-refractivity contribution is 6.30. The lowest BCUT2D eigenvalue weighted by Gasteiger charge is -2.24. The van der Waals surface area contributed by atoms with Gasteiger partial charge in [0.15, 0.2) is 0 Å². The first-order chi connectivity index (χ1) is 12.8. The maximum Gasteiger partial charge on any atom is 0.418 e. The molecule has 0 spiro atoms. The minimum Gasteiger partial charge on any atom is -0.324 e. The summed E-state index contributed by atoms with van der Waals surface area (Å²) in [6, 6.07) is 11.8. The van der Waals surface area contributed by atoms with E-state index in [4.69, 9.17) is 11.6 Å². The highest BCUT2D eigenvalue weighted by Gasteiger charge is 2.35. The van der Waals surface area contributed by atoms with Gasteiger partial charge in [-0.2, -0.15) is 13.2 Å². The van der Waals surface area contributed by atoms with Crippen LogP contribution in [-0.2, 0) is 11.0 Å². The van der Waals surface area contributed by atoms with E-state index in [1.807, 2.05) is 6.07 Å². The summed E-state index contributed by atoms with van der Waals surface area (Å²) in [5, 5.41) is 5.70. The topological polar surface area (TPSA) is 41.1 Å². The van der Waals surface area contributed by atoms with Gasteiger partial charge in [0.25, 0.3) is 0 Å². The zero-order chi connectivity index (χ0) is 19.4. The molecule has 1 saturated carbocycles. The fraction of sp³-hybridized carbons (Fsp3) is 0.350. The molecule has 2 N–H and O–H groups in total. The van der Waals surface area contributed by atoms with E-state index in [1.54, 1.807) is 24.3 Å². The molecule has 1 aliphatic rings. The molecule has 1 aliphatic carbocycles. The van der Waals surface area contributed by atoms with Gasteiger partial charge in [-0.15, -0.1) is 0 Å². The van der Waals surface area contributed by atoms with Crippen molar-refractivity contribution in [3.8, 4) is 0 Å². The van der Waals surface area contributed by atoms with E-state index in [2.05, 4.69) is 10.6 Å². The Bertz CT molecular complexity index is 790. The molecule has 27 heavy (non-hydrogen) atoms. The van der Waals surface area contributed by atoms with Gasteiger partial charge in [-0.1, -0.05) is 54.8 Å². The van der Waals surface area contributed by atoms with Crippen LogP contribution in [0.25, 0.3) is 0 Å². The third kappa shape index (κ3) is 5.02. The van der Waals surface area contributed by atoms with Crippen LogP contribution in [0.3, 0.4) is 0 Å². The number of anilines is 1. The van der Waals surface area contributed by atoms with Gasteiger partial charge in [0.2, 0.25) is 5.91 Å². The molecule has 0 aliphatic heterocycles. The Morgan fingerprint density at radius 3 is 2.37 bits per heavy atom. The number of hydrogen-bond donors (Lipinski definition) is 2. The van der Waals surface area contributed by atoms with Gasteiger partial charge in [-0.3, -0.25) is 10.1 Å². The van der Waals surface area contributed by atoms with Crippen LogP contribution in [0, 0.1) is 0 Å². The standard InChI is InChI=1S/C20H20ClF3N2O/c21-14-10-11-17(16(12-14)20(22,23)24)26-19(27)18(13-6-2-1-3-7-13)25-15-8-4-5-9-15/h1-3,6-7,10-12,15,18,25H,4-5,8-9H2,(H,26,27). The Kier molecular flexibility index (Phi) is 6.07. The summed E-state index contributed by atoms with van der Waals surface area (Å²) < 4.78 is 39.9. The molecular weight excluding hydrogens is 377 g/mol. The molecule has 144 valence electrons. The van der Waals surface area contributed by atoms with Crippen molar-refractivity contribution >= 4 is 23.2 Å². The number of nitrogens with one attached hydrogen (secondary N) is 2. The predicted molar refractivity (Wildman–Crippen MR) is 99.7 cm³/mol. The quantitative estimate of drug-likeness (QED) is 0.693. The monoisotopic (exact) mass is 396 g/mol. The predicted octanol–water partition coefficient (Wildman–Crippen LogP) is 5.57. The van der Waals surface area contributed by atoms with Crippen molar-refractivity contribution in [2.45, 2.75) is 43.9 Å². The summed E-state index contributed by atoms with van der Waals surface area (Å²) in [4.78, 5) is 12.9. The maximum absolute atomic E-state index is 13.3. The van der Waals surface area contributed by atoms with Gasteiger partial charge in [0, 0.05) is 11.1 Å². The van der Waals surface area contributed by atoms with E-state index < -0.39 is 23.7 Å². The number of carbonyl (C=O) groups is 1. The SMILES string of the molecule is O=C(Nc1ccc(Cl)cc1C(F)(F)F)C(NC1CCCC1)c1ccccc1. The third-order valence-electron chi connectivity index (χ3n) is 4.70. The highest BCUT2D eigenvalue weighted by atomic mass is 35.5. The first kappa shape index (κ1) is 19.7. The molecule has 0 bridgehead atoms. The van der Waals surface area contributed by atoms with Crippen molar-refractivity contribution in [2.75, 3.05) is 5.32 Å². The van der Waals surface area contributed by atoms with Crippen LogP contribution in [0.1, 0.15) is 42.9 Å². The number of alkyl halides is 3. The maximum atomic E-state index is 13.3. The summed E-state index contributed by atoms with van der Waals surface area (Å²) in [6.45, 7) is 0. The van der Waals surface area contributed by atoms with E-state index in [0.29, 0.717) is 5.56 Å². The van der Waals surface area contributed by atoms with Crippen LogP contribution in [0.5, 0.6) is 0 Å². The van der Waals surface area contributed by atoms with Crippen LogP contribution in [-0.4, -0.2) is 11.9 Å². The van der Waals surface area contributed by atoms with Gasteiger partial charge >= 0.3 is 6.18 Å². The number of rotatable bonds is 5. The number of benzene rings is 2. The highest BCUT2D eigenvalue weighted by Crippen LogP contribution is 2.37. The molecule has 0 aromatic heterocycles. The molecular formula is C20H20ClF3N2O. The number of halogens is 4. The molecule has 1 unspecified atom stereocenters. The normalized spacial score (nSPS) is 16.3. The zero-order valence-corrected chi connectivity index (χ0v) is 15.3. The van der Waals surface area contributed by atoms with Gasteiger partial charge in [-0.25, -0.2) is 0 Å². The lowest BCUT2D eigenvalue weighted by Crippen LogP contribution is -2.38. The number of amides is 1. The number of hydrogen-bond acceptors (Lipinski definition) is 2. The third-order valence-corrected chi connectivity index (χ3v) is 4.93. The fourth-order valence-corrected chi connectivity index (χ4v) is 3.53. The van der Waals surface area contributed by atoms with Gasteiger partial charge in [0.1, 0.15) is 6.04 Å². The Morgan fingerprint density at radius 2 is 1.74 bits per heavy atom. The molecule has 1 atom stereocenters. The van der Waals surface area contributed by atoms with Crippen LogP contribution >= 0.6 is 11.6 Å². The van der Waals surface area contributed by atoms with E-state index in [9.17, 15) is 18.0 Å². The van der Waals surface area contributed by atoms with E-state index >= 15 is 0 Å². The first-order valence-corrected chi connectivity index (χ1v) is 9.21. The van der Waals surface area contributed by atoms with Crippen LogP contribution in [0.4, 0.5) is 18.9 Å². The van der Waals surface area contributed by atoms with E-state index in [1.165, 1.54) is 12.1 Å². The Labute approximate surface area is 160 Å². The molecule has 0 saturated heterocycles. The average Bonchev–Trinajstić information content (AvgIpc) is 3.14. The van der Waals surface area contributed by atoms with Crippen molar-refractivity contribution in [1.29, 1.82) is 0 Å². The Balaban J connectivity index is 1.86. The smallest absolute Gasteiger partial charge is 0.324 e. The van der Waals surface area contributed by atoms with Crippen molar-refractivity contribution in [1.82, 2.24) is 5.32 Å². The Hall–Kier alpha value is -2.05. The summed E-state index contributed by atoms with van der Waals surface area (Å²) in [7, 11) is 0. The molecule has 1 amide bonds. The van der Waals surface area contributed by atoms with Gasteiger partial charge in [-0.05, 0) is 36.6 Å². The minimum atomic E-state index is -4.62. The summed E-state index contributed by atoms with van der Waals surface area (Å²) >= 11 is 5.71.